The van der Waals surface area contributed by atoms with Gasteiger partial charge in [-0.1, -0.05) is 0 Å². The Balaban J connectivity index is 1.84. The van der Waals surface area contributed by atoms with Gasteiger partial charge in [0.15, 0.2) is 0 Å². The smallest absolute Gasteiger partial charge is 0.224 e. The lowest BCUT2D eigenvalue weighted by molar-refractivity contribution is -0.131. The van der Waals surface area contributed by atoms with Crippen LogP contribution in [0.15, 0.2) is 18.2 Å². The molecule has 0 spiro atoms. The molecule has 1 aromatic carbocycles. The third-order valence-corrected chi connectivity index (χ3v) is 4.70. The minimum Gasteiger partial charge on any atom is -0.384 e. The Morgan fingerprint density at radius 3 is 2.48 bits per heavy atom. The van der Waals surface area contributed by atoms with Gasteiger partial charge in [-0.3, -0.25) is 4.79 Å². The number of nitrogens with one attached hydrogen (secondary N) is 1. The summed E-state index contributed by atoms with van der Waals surface area (Å²) in [7, 11) is 0. The van der Waals surface area contributed by atoms with E-state index in [1.54, 1.807) is 0 Å². The van der Waals surface area contributed by atoms with E-state index in [0.29, 0.717) is 13.0 Å². The lowest BCUT2D eigenvalue weighted by atomic mass is 10.1. The van der Waals surface area contributed by atoms with E-state index in [-0.39, 0.29) is 5.91 Å². The normalized spacial score (nSPS) is 14.7. The fourth-order valence-corrected chi connectivity index (χ4v) is 3.24. The van der Waals surface area contributed by atoms with E-state index in [0.717, 1.165) is 44.7 Å². The number of carbonyl (C=O) groups excluding carboxylic acids is 1. The second-order valence-corrected chi connectivity index (χ2v) is 6.29. The summed E-state index contributed by atoms with van der Waals surface area (Å²) in [5.74, 6) is 0.287. The number of hydrogen-bond acceptors (Lipinski definition) is 3. The zero-order valence-corrected chi connectivity index (χ0v) is 14.9. The Morgan fingerprint density at radius 1 is 1.17 bits per heavy atom. The summed E-state index contributed by atoms with van der Waals surface area (Å²) in [5, 5.41) is 3.42. The lowest BCUT2D eigenvalue weighted by Gasteiger charge is -2.27. The van der Waals surface area contributed by atoms with Gasteiger partial charge in [-0.15, -0.1) is 0 Å². The van der Waals surface area contributed by atoms with Crippen molar-refractivity contribution in [3.05, 3.63) is 23.8 Å². The first-order chi connectivity index (χ1) is 11.2. The predicted molar refractivity (Wildman–Crippen MR) is 98.3 cm³/mol. The molecule has 0 bridgehead atoms. The molecule has 1 aliphatic rings. The Kier molecular flexibility index (Phi) is 6.75. The molecule has 0 aromatic heterocycles. The van der Waals surface area contributed by atoms with Crippen LogP contribution in [0.5, 0.6) is 0 Å². The van der Waals surface area contributed by atoms with E-state index < -0.39 is 0 Å². The Morgan fingerprint density at radius 2 is 1.87 bits per heavy atom. The molecular weight excluding hydrogens is 286 g/mol. The van der Waals surface area contributed by atoms with Gasteiger partial charge in [0.2, 0.25) is 5.91 Å². The average molecular weight is 317 g/mol. The molecule has 1 fully saturated rings. The molecule has 1 amide bonds. The van der Waals surface area contributed by atoms with Crippen molar-refractivity contribution in [2.24, 2.45) is 0 Å². The van der Waals surface area contributed by atoms with Gasteiger partial charge < -0.3 is 15.1 Å². The second kappa shape index (κ2) is 8.80. The molecule has 23 heavy (non-hydrogen) atoms. The highest BCUT2D eigenvalue weighted by molar-refractivity contribution is 5.77. The minimum absolute atomic E-state index is 0.287. The Labute approximate surface area is 140 Å². The summed E-state index contributed by atoms with van der Waals surface area (Å²) in [5.41, 5.74) is 3.63. The summed E-state index contributed by atoms with van der Waals surface area (Å²) < 4.78 is 0. The van der Waals surface area contributed by atoms with Crippen LogP contribution in [-0.2, 0) is 4.79 Å². The van der Waals surface area contributed by atoms with E-state index >= 15 is 0 Å². The number of amides is 1. The fourth-order valence-electron chi connectivity index (χ4n) is 3.24. The van der Waals surface area contributed by atoms with Crippen molar-refractivity contribution >= 4 is 17.3 Å². The van der Waals surface area contributed by atoms with Gasteiger partial charge in [0, 0.05) is 50.5 Å². The van der Waals surface area contributed by atoms with Gasteiger partial charge in [-0.05, 0) is 63.8 Å². The molecule has 1 saturated heterocycles. The zero-order chi connectivity index (χ0) is 16.7. The highest BCUT2D eigenvalue weighted by Gasteiger charge is 2.15. The number of anilines is 2. The third kappa shape index (κ3) is 4.88. The monoisotopic (exact) mass is 317 g/mol. The number of benzene rings is 1. The van der Waals surface area contributed by atoms with Crippen LogP contribution in [0.25, 0.3) is 0 Å². The van der Waals surface area contributed by atoms with Crippen LogP contribution in [-0.4, -0.2) is 43.5 Å². The molecule has 0 saturated carbocycles. The van der Waals surface area contributed by atoms with E-state index in [1.165, 1.54) is 17.7 Å². The number of rotatable bonds is 7. The first-order valence-corrected chi connectivity index (χ1v) is 9.03. The van der Waals surface area contributed by atoms with E-state index in [1.807, 2.05) is 4.90 Å². The van der Waals surface area contributed by atoms with Gasteiger partial charge in [-0.2, -0.15) is 0 Å². The molecule has 4 nitrogen and oxygen atoms in total. The number of aryl methyl sites for hydroxylation is 1. The molecule has 2 rings (SSSR count). The van der Waals surface area contributed by atoms with Crippen molar-refractivity contribution in [1.82, 2.24) is 4.90 Å². The van der Waals surface area contributed by atoms with Gasteiger partial charge >= 0.3 is 0 Å². The van der Waals surface area contributed by atoms with Crippen LogP contribution < -0.4 is 10.2 Å². The zero-order valence-electron chi connectivity index (χ0n) is 14.9. The van der Waals surface area contributed by atoms with Crippen LogP contribution in [0.2, 0.25) is 0 Å². The molecule has 4 heteroatoms. The summed E-state index contributed by atoms with van der Waals surface area (Å²) in [6, 6.07) is 6.52. The number of hydrogen-bond donors (Lipinski definition) is 1. The summed E-state index contributed by atoms with van der Waals surface area (Å²) in [4.78, 5) is 16.5. The van der Waals surface area contributed by atoms with E-state index in [2.05, 4.69) is 49.2 Å². The van der Waals surface area contributed by atoms with E-state index in [4.69, 9.17) is 0 Å². The topological polar surface area (TPSA) is 35.6 Å². The van der Waals surface area contributed by atoms with Crippen LogP contribution in [0.4, 0.5) is 11.4 Å². The minimum atomic E-state index is 0.287. The molecule has 0 unspecified atom stereocenters. The second-order valence-electron chi connectivity index (χ2n) is 6.29. The van der Waals surface area contributed by atoms with Crippen molar-refractivity contribution in [2.45, 2.75) is 46.5 Å². The maximum Gasteiger partial charge on any atom is 0.224 e. The SMILES string of the molecule is CCN(CC)c1ccc(NCCC(=O)N2CCCCC2)c(C)c1. The molecule has 128 valence electrons. The molecular formula is C19H31N3O. The number of likely N-dealkylation sites (tertiary alicyclic amines) is 1. The van der Waals surface area contributed by atoms with Crippen LogP contribution in [0.3, 0.4) is 0 Å². The quantitative estimate of drug-likeness (QED) is 0.833. The van der Waals surface area contributed by atoms with Crippen molar-refractivity contribution in [3.63, 3.8) is 0 Å². The van der Waals surface area contributed by atoms with Gasteiger partial charge in [-0.25, -0.2) is 0 Å². The highest BCUT2D eigenvalue weighted by Crippen LogP contribution is 2.22. The molecule has 0 aliphatic carbocycles. The molecule has 1 heterocycles. The van der Waals surface area contributed by atoms with Crippen LogP contribution >= 0.6 is 0 Å². The summed E-state index contributed by atoms with van der Waals surface area (Å²) in [6.45, 7) is 11.1. The Bertz CT molecular complexity index is 505. The first kappa shape index (κ1) is 17.6. The number of carbonyl (C=O) groups is 1. The standard InChI is InChI=1S/C19H31N3O/c1-4-21(5-2)17-9-10-18(16(3)15-17)20-12-11-19(23)22-13-7-6-8-14-22/h9-10,15,20H,4-8,11-14H2,1-3H3. The van der Waals surface area contributed by atoms with Gasteiger partial charge in [0.05, 0.1) is 0 Å². The number of nitrogens with zero attached hydrogens (tertiary/aromatic N) is 2. The maximum atomic E-state index is 12.2. The fraction of sp³-hybridized carbons (Fsp3) is 0.632. The molecule has 1 aliphatic heterocycles. The average Bonchev–Trinajstić information content (AvgIpc) is 2.58. The largest absolute Gasteiger partial charge is 0.384 e. The first-order valence-electron chi connectivity index (χ1n) is 9.03. The summed E-state index contributed by atoms with van der Waals surface area (Å²) in [6.07, 6.45) is 4.16. The molecule has 1 N–H and O–H groups in total. The highest BCUT2D eigenvalue weighted by atomic mass is 16.2. The third-order valence-electron chi connectivity index (χ3n) is 4.70. The maximum absolute atomic E-state index is 12.2. The predicted octanol–water partition coefficient (Wildman–Crippen LogP) is 3.66. The van der Waals surface area contributed by atoms with Crippen LogP contribution in [0, 0.1) is 6.92 Å². The van der Waals surface area contributed by atoms with Gasteiger partial charge in [0.25, 0.3) is 0 Å². The van der Waals surface area contributed by atoms with Crippen molar-refractivity contribution in [3.8, 4) is 0 Å². The molecule has 0 radical (unpaired) electrons. The Hall–Kier alpha value is -1.71. The van der Waals surface area contributed by atoms with Crippen molar-refractivity contribution in [1.29, 1.82) is 0 Å². The lowest BCUT2D eigenvalue weighted by Crippen LogP contribution is -2.36. The number of piperidine rings is 1. The molecule has 1 aromatic rings. The van der Waals surface area contributed by atoms with Crippen molar-refractivity contribution in [2.75, 3.05) is 42.9 Å². The molecule has 0 atom stereocenters. The van der Waals surface area contributed by atoms with E-state index in [9.17, 15) is 4.79 Å². The van der Waals surface area contributed by atoms with Crippen LogP contribution in [0.1, 0.15) is 45.1 Å². The van der Waals surface area contributed by atoms with Crippen molar-refractivity contribution < 1.29 is 4.79 Å². The summed E-state index contributed by atoms with van der Waals surface area (Å²) >= 11 is 0. The van der Waals surface area contributed by atoms with Gasteiger partial charge in [0.1, 0.15) is 0 Å².